The molecule has 1 N–H and O–H groups in total. The first kappa shape index (κ1) is 10.9. The summed E-state index contributed by atoms with van der Waals surface area (Å²) in [6, 6.07) is 0.778. The average Bonchev–Trinajstić information content (AvgIpc) is 2.19. The van der Waals surface area contributed by atoms with Crippen LogP contribution in [0.5, 0.6) is 0 Å². The Hall–Kier alpha value is -1.63. The van der Waals surface area contributed by atoms with Crippen LogP contribution in [0.15, 0.2) is 26.6 Å². The van der Waals surface area contributed by atoms with Crippen LogP contribution in [0.2, 0.25) is 0 Å². The van der Waals surface area contributed by atoms with Gasteiger partial charge in [0.2, 0.25) is 6.04 Å². The van der Waals surface area contributed by atoms with Gasteiger partial charge in [0, 0.05) is 6.07 Å². The number of halogens is 2. The molecule has 0 aliphatic carbocycles. The number of hydrogen-bond acceptors (Lipinski definition) is 3. The van der Waals surface area contributed by atoms with Gasteiger partial charge < -0.3 is 5.11 Å². The number of carboxylic acids is 1. The number of nitrogens with zero attached hydrogens (tertiary/aromatic N) is 2. The lowest BCUT2D eigenvalue weighted by atomic mass is 10.2. The van der Waals surface area contributed by atoms with Gasteiger partial charge in [-0.3, -0.25) is 9.79 Å². The van der Waals surface area contributed by atoms with Crippen molar-refractivity contribution in [2.75, 3.05) is 0 Å². The Balaban J connectivity index is 2.72. The van der Waals surface area contributed by atoms with Crippen molar-refractivity contribution in [3.05, 3.63) is 33.1 Å². The molecular weight excluding hydrogens is 283 g/mol. The lowest BCUT2D eigenvalue weighted by molar-refractivity contribution is -0.142. The highest BCUT2D eigenvalue weighted by atomic mass is 79.9. The second kappa shape index (κ2) is 3.75. The van der Waals surface area contributed by atoms with Crippen LogP contribution in [0.1, 0.15) is 0 Å². The van der Waals surface area contributed by atoms with Crippen LogP contribution in [0.25, 0.3) is 0 Å². The Morgan fingerprint density at radius 2 is 2.12 bits per heavy atom. The molecule has 1 amide bonds. The third-order valence-electron chi connectivity index (χ3n) is 1.98. The van der Waals surface area contributed by atoms with Crippen LogP contribution in [-0.4, -0.2) is 23.0 Å². The Bertz CT molecular complexity index is 614. The van der Waals surface area contributed by atoms with Crippen molar-refractivity contribution < 1.29 is 19.1 Å². The van der Waals surface area contributed by atoms with Gasteiger partial charge in [-0.2, -0.15) is 0 Å². The topological polar surface area (TPSA) is 79.1 Å². The summed E-state index contributed by atoms with van der Waals surface area (Å²) >= 11 is 2.94. The third-order valence-corrected chi connectivity index (χ3v) is 2.59. The van der Waals surface area contributed by atoms with Gasteiger partial charge in [-0.15, -0.1) is 0 Å². The molecule has 0 radical (unpaired) electrons. The Morgan fingerprint density at radius 3 is 2.75 bits per heavy atom. The van der Waals surface area contributed by atoms with E-state index in [0.29, 0.717) is 0 Å². The van der Waals surface area contributed by atoms with E-state index in [1.54, 1.807) is 0 Å². The van der Waals surface area contributed by atoms with Gasteiger partial charge >= 0.3 is 5.97 Å². The lowest BCUT2D eigenvalue weighted by Gasteiger charge is -2.06. The number of carbonyl (C=O) groups is 2. The smallest absolute Gasteiger partial charge is 0.338 e. The maximum absolute atomic E-state index is 13.1. The fourth-order valence-electron chi connectivity index (χ4n) is 1.25. The second-order valence-corrected chi connectivity index (χ2v) is 3.93. The summed E-state index contributed by atoms with van der Waals surface area (Å²) in [5, 5.41) is 8.92. The molecule has 1 aliphatic heterocycles. The quantitative estimate of drug-likeness (QED) is 0.728. The lowest BCUT2D eigenvalue weighted by Crippen LogP contribution is -2.40. The molecule has 82 valence electrons. The van der Waals surface area contributed by atoms with E-state index < -0.39 is 23.7 Å². The highest BCUT2D eigenvalue weighted by Gasteiger charge is 2.27. The van der Waals surface area contributed by atoms with Crippen molar-refractivity contribution in [3.63, 3.8) is 0 Å². The molecule has 1 aromatic carbocycles. The van der Waals surface area contributed by atoms with E-state index >= 15 is 0 Å². The Morgan fingerprint density at radius 1 is 1.44 bits per heavy atom. The first-order valence-corrected chi connectivity index (χ1v) is 4.96. The van der Waals surface area contributed by atoms with Crippen LogP contribution in [-0.2, 0) is 9.59 Å². The number of hydrogen-bond donors (Lipinski definition) is 1. The zero-order chi connectivity index (χ0) is 11.9. The minimum atomic E-state index is -1.54. The van der Waals surface area contributed by atoms with E-state index in [2.05, 4.69) is 25.9 Å². The molecule has 0 saturated carbocycles. The molecule has 7 heteroatoms. The van der Waals surface area contributed by atoms with E-state index in [9.17, 15) is 14.0 Å². The zero-order valence-electron chi connectivity index (χ0n) is 7.65. The first-order chi connectivity index (χ1) is 7.49. The maximum Gasteiger partial charge on any atom is 0.338 e. The van der Waals surface area contributed by atoms with E-state index in [4.69, 9.17) is 5.11 Å². The largest absolute Gasteiger partial charge is 0.479 e. The number of carboxylic acid groups (broad SMARTS) is 1. The number of aliphatic carboxylic acids is 1. The van der Waals surface area contributed by atoms with E-state index in [1.807, 2.05) is 0 Å². The molecule has 0 aromatic heterocycles. The summed E-state index contributed by atoms with van der Waals surface area (Å²) in [4.78, 5) is 29.0. The third kappa shape index (κ3) is 1.73. The molecule has 1 atom stereocenters. The number of rotatable bonds is 1. The van der Waals surface area contributed by atoms with E-state index in [-0.39, 0.29) is 15.2 Å². The van der Waals surface area contributed by atoms with Crippen molar-refractivity contribution in [1.82, 2.24) is 0 Å². The van der Waals surface area contributed by atoms with Crippen molar-refractivity contribution in [1.29, 1.82) is 0 Å². The first-order valence-electron chi connectivity index (χ1n) is 4.17. The summed E-state index contributed by atoms with van der Waals surface area (Å²) in [5.74, 6) is -2.86. The summed E-state index contributed by atoms with van der Waals surface area (Å²) in [7, 11) is 0. The van der Waals surface area contributed by atoms with Crippen molar-refractivity contribution in [3.8, 4) is 0 Å². The van der Waals surface area contributed by atoms with Gasteiger partial charge in [-0.05, 0) is 22.0 Å². The van der Waals surface area contributed by atoms with Crippen LogP contribution in [0.3, 0.4) is 0 Å². The molecule has 16 heavy (non-hydrogen) atoms. The highest BCUT2D eigenvalue weighted by molar-refractivity contribution is 9.10. The summed E-state index contributed by atoms with van der Waals surface area (Å²) in [6.45, 7) is 0. The molecule has 2 rings (SSSR count). The standard InChI is InChI=1S/C9H4BrFN2O3/c10-3-1-5-6(2-4(3)11)13-8(14)7(12-5)9(15)16/h1-2,7H,(H,15,16). The summed E-state index contributed by atoms with van der Waals surface area (Å²) in [5.41, 5.74) is 0. The van der Waals surface area contributed by atoms with Crippen molar-refractivity contribution >= 4 is 27.8 Å². The van der Waals surface area contributed by atoms with Gasteiger partial charge in [-0.1, -0.05) is 0 Å². The van der Waals surface area contributed by atoms with Gasteiger partial charge in [-0.25, -0.2) is 14.2 Å². The zero-order valence-corrected chi connectivity index (χ0v) is 9.23. The van der Waals surface area contributed by atoms with Crippen molar-refractivity contribution in [2.45, 2.75) is 6.04 Å². The van der Waals surface area contributed by atoms with E-state index in [1.165, 1.54) is 6.07 Å². The van der Waals surface area contributed by atoms with Crippen molar-refractivity contribution in [2.24, 2.45) is 9.98 Å². The fraction of sp³-hybridized carbons (Fsp3) is 0.111. The minimum absolute atomic E-state index is 0.0446. The van der Waals surface area contributed by atoms with Gasteiger partial charge in [0.15, 0.2) is 0 Å². The number of amides is 1. The molecular formula is C9H4BrFN2O3. The van der Waals surface area contributed by atoms with Gasteiger partial charge in [0.25, 0.3) is 5.91 Å². The predicted octanol–water partition coefficient (Wildman–Crippen LogP) is -0.179. The molecule has 0 spiro atoms. The van der Waals surface area contributed by atoms with Gasteiger partial charge in [0.1, 0.15) is 5.82 Å². The molecule has 5 nitrogen and oxygen atoms in total. The van der Waals surface area contributed by atoms with Crippen LogP contribution < -0.4 is 10.7 Å². The molecule has 1 aliphatic rings. The maximum atomic E-state index is 13.1. The van der Waals surface area contributed by atoms with E-state index in [0.717, 1.165) is 6.07 Å². The minimum Gasteiger partial charge on any atom is -0.479 e. The molecule has 0 bridgehead atoms. The Kier molecular flexibility index (Phi) is 2.55. The molecule has 1 aromatic rings. The summed E-state index contributed by atoms with van der Waals surface area (Å²) in [6.07, 6.45) is 0. The highest BCUT2D eigenvalue weighted by Crippen LogP contribution is 2.10. The van der Waals surface area contributed by atoms with Crippen LogP contribution in [0, 0.1) is 5.82 Å². The van der Waals surface area contributed by atoms with Gasteiger partial charge in [0.05, 0.1) is 15.2 Å². The fourth-order valence-corrected chi connectivity index (χ4v) is 1.59. The number of fused-ring (bicyclic) bond motifs is 1. The number of carbonyl (C=O) groups excluding carboxylic acids is 1. The second-order valence-electron chi connectivity index (χ2n) is 3.07. The molecule has 1 unspecified atom stereocenters. The predicted molar refractivity (Wildman–Crippen MR) is 52.8 cm³/mol. The molecule has 1 heterocycles. The van der Waals surface area contributed by atoms with Crippen LogP contribution >= 0.6 is 15.9 Å². The normalized spacial score (nSPS) is 18.4. The SMILES string of the molecule is O=C(O)C1N=c2cc(Br)c(F)cc2=NC1=O. The molecule has 0 fully saturated rings. The monoisotopic (exact) mass is 286 g/mol. The summed E-state index contributed by atoms with van der Waals surface area (Å²) < 4.78 is 13.3. The van der Waals surface area contributed by atoms with Crippen LogP contribution in [0.4, 0.5) is 4.39 Å². The number of benzene rings is 1. The average molecular weight is 287 g/mol. The Labute approximate surface area is 96.5 Å². The molecule has 0 saturated heterocycles.